The lowest BCUT2D eigenvalue weighted by molar-refractivity contribution is 0.0988. The minimum absolute atomic E-state index is 0.0619. The number of aromatic hydroxyl groups is 1. The second-order valence-corrected chi connectivity index (χ2v) is 2.49. The van der Waals surface area contributed by atoms with E-state index < -0.39 is 5.91 Å². The van der Waals surface area contributed by atoms with Gasteiger partial charge in [-0.1, -0.05) is 6.92 Å². The van der Waals surface area contributed by atoms with Gasteiger partial charge in [-0.05, 0) is 6.42 Å². The Hall–Kier alpha value is -1.52. The van der Waals surface area contributed by atoms with Crippen molar-refractivity contribution in [3.05, 3.63) is 11.4 Å². The van der Waals surface area contributed by atoms with Crippen molar-refractivity contribution in [1.82, 2.24) is 9.78 Å². The fraction of sp³-hybridized carbons (Fsp3) is 0.429. The van der Waals surface area contributed by atoms with Gasteiger partial charge in [0.15, 0.2) is 11.4 Å². The highest BCUT2D eigenvalue weighted by Gasteiger charge is 2.17. The first kappa shape index (κ1) is 8.58. The van der Waals surface area contributed by atoms with E-state index >= 15 is 0 Å². The highest BCUT2D eigenvalue weighted by atomic mass is 16.3. The molecular weight excluding hydrogens is 158 g/mol. The van der Waals surface area contributed by atoms with Crippen molar-refractivity contribution in [1.29, 1.82) is 0 Å². The summed E-state index contributed by atoms with van der Waals surface area (Å²) < 4.78 is 1.29. The molecular formula is C7H11N3O2. The minimum Gasteiger partial charge on any atom is -0.504 e. The summed E-state index contributed by atoms with van der Waals surface area (Å²) in [5, 5.41) is 13.3. The van der Waals surface area contributed by atoms with E-state index in [1.807, 2.05) is 6.92 Å². The second-order valence-electron chi connectivity index (χ2n) is 2.49. The van der Waals surface area contributed by atoms with E-state index in [0.29, 0.717) is 12.1 Å². The Bertz CT molecular complexity index is 317. The van der Waals surface area contributed by atoms with Crippen molar-refractivity contribution in [2.45, 2.75) is 13.3 Å². The molecule has 0 fully saturated rings. The average molecular weight is 169 g/mol. The van der Waals surface area contributed by atoms with E-state index in [-0.39, 0.29) is 11.4 Å². The average Bonchev–Trinajstić information content (AvgIpc) is 2.25. The number of hydrogen-bond acceptors (Lipinski definition) is 3. The molecule has 0 aromatic carbocycles. The van der Waals surface area contributed by atoms with Gasteiger partial charge in [0, 0.05) is 7.05 Å². The summed E-state index contributed by atoms with van der Waals surface area (Å²) in [7, 11) is 1.57. The molecule has 0 spiro atoms. The predicted octanol–water partition coefficient (Wildman–Crippen LogP) is -0.213. The van der Waals surface area contributed by atoms with Crippen LogP contribution in [-0.4, -0.2) is 20.8 Å². The first-order valence-corrected chi connectivity index (χ1v) is 3.62. The van der Waals surface area contributed by atoms with E-state index in [2.05, 4.69) is 5.10 Å². The van der Waals surface area contributed by atoms with Crippen LogP contribution in [0.5, 0.6) is 5.75 Å². The molecule has 5 nitrogen and oxygen atoms in total. The van der Waals surface area contributed by atoms with Crippen LogP contribution in [0.25, 0.3) is 0 Å². The number of nitrogens with zero attached hydrogens (tertiary/aromatic N) is 2. The fourth-order valence-electron chi connectivity index (χ4n) is 1.08. The van der Waals surface area contributed by atoms with Crippen molar-refractivity contribution in [2.24, 2.45) is 12.8 Å². The van der Waals surface area contributed by atoms with Crippen molar-refractivity contribution in [3.63, 3.8) is 0 Å². The third-order valence-electron chi connectivity index (χ3n) is 1.66. The SMILES string of the molecule is CCc1nn(C)c(C(N)=O)c1O. The normalized spacial score (nSPS) is 10.2. The Kier molecular flexibility index (Phi) is 2.03. The Labute approximate surface area is 69.8 Å². The molecule has 1 rings (SSSR count). The topological polar surface area (TPSA) is 81.1 Å². The van der Waals surface area contributed by atoms with Gasteiger partial charge in [-0.15, -0.1) is 0 Å². The predicted molar refractivity (Wildman–Crippen MR) is 42.8 cm³/mol. The van der Waals surface area contributed by atoms with Gasteiger partial charge in [0.05, 0.1) is 0 Å². The molecule has 1 aromatic rings. The molecule has 0 saturated carbocycles. The van der Waals surface area contributed by atoms with Crippen LogP contribution in [0, 0.1) is 0 Å². The summed E-state index contributed by atoms with van der Waals surface area (Å²) in [4.78, 5) is 10.8. The minimum atomic E-state index is -0.665. The number of carbonyl (C=O) groups is 1. The first-order valence-electron chi connectivity index (χ1n) is 3.62. The van der Waals surface area contributed by atoms with Gasteiger partial charge in [-0.2, -0.15) is 5.10 Å². The molecule has 0 aliphatic carbocycles. The summed E-state index contributed by atoms with van der Waals surface area (Å²) in [6.07, 6.45) is 0.576. The highest BCUT2D eigenvalue weighted by molar-refractivity contribution is 5.94. The Morgan fingerprint density at radius 3 is 2.58 bits per heavy atom. The maximum Gasteiger partial charge on any atom is 0.270 e. The van der Waals surface area contributed by atoms with Gasteiger partial charge < -0.3 is 10.8 Å². The highest BCUT2D eigenvalue weighted by Crippen LogP contribution is 2.20. The van der Waals surface area contributed by atoms with Crippen LogP contribution in [0.3, 0.4) is 0 Å². The van der Waals surface area contributed by atoms with Crippen LogP contribution in [0.2, 0.25) is 0 Å². The van der Waals surface area contributed by atoms with E-state index in [1.54, 1.807) is 7.05 Å². The molecule has 0 radical (unpaired) electrons. The molecule has 0 unspecified atom stereocenters. The Morgan fingerprint density at radius 1 is 1.75 bits per heavy atom. The smallest absolute Gasteiger partial charge is 0.270 e. The summed E-state index contributed by atoms with van der Waals surface area (Å²) in [5.41, 5.74) is 5.58. The molecule has 12 heavy (non-hydrogen) atoms. The van der Waals surface area contributed by atoms with E-state index in [9.17, 15) is 9.90 Å². The summed E-state index contributed by atoms with van der Waals surface area (Å²) in [5.74, 6) is -0.769. The maximum atomic E-state index is 10.8. The second kappa shape index (κ2) is 2.84. The monoisotopic (exact) mass is 169 g/mol. The number of rotatable bonds is 2. The zero-order valence-electron chi connectivity index (χ0n) is 7.03. The van der Waals surface area contributed by atoms with Crippen molar-refractivity contribution >= 4 is 5.91 Å². The largest absolute Gasteiger partial charge is 0.504 e. The Morgan fingerprint density at radius 2 is 2.33 bits per heavy atom. The maximum absolute atomic E-state index is 10.8. The third kappa shape index (κ3) is 1.13. The molecule has 1 heterocycles. The lowest BCUT2D eigenvalue weighted by Crippen LogP contribution is -2.15. The summed E-state index contributed by atoms with van der Waals surface area (Å²) >= 11 is 0. The first-order chi connectivity index (χ1) is 5.57. The summed E-state index contributed by atoms with van der Waals surface area (Å²) in [6.45, 7) is 1.84. The van der Waals surface area contributed by atoms with Crippen LogP contribution in [0.4, 0.5) is 0 Å². The number of carbonyl (C=O) groups excluding carboxylic acids is 1. The van der Waals surface area contributed by atoms with Gasteiger partial charge in [0.25, 0.3) is 5.91 Å². The van der Waals surface area contributed by atoms with Crippen molar-refractivity contribution in [3.8, 4) is 5.75 Å². The summed E-state index contributed by atoms with van der Waals surface area (Å²) in [6, 6.07) is 0. The zero-order valence-corrected chi connectivity index (χ0v) is 7.03. The number of aromatic nitrogens is 2. The van der Waals surface area contributed by atoms with Gasteiger partial charge >= 0.3 is 0 Å². The number of hydrogen-bond donors (Lipinski definition) is 2. The quantitative estimate of drug-likeness (QED) is 0.642. The third-order valence-corrected chi connectivity index (χ3v) is 1.66. The molecule has 0 aliphatic heterocycles. The van der Waals surface area contributed by atoms with Crippen LogP contribution >= 0.6 is 0 Å². The van der Waals surface area contributed by atoms with Crippen LogP contribution in [0.1, 0.15) is 23.1 Å². The number of aryl methyl sites for hydroxylation is 2. The fourth-order valence-corrected chi connectivity index (χ4v) is 1.08. The van der Waals surface area contributed by atoms with Gasteiger partial charge in [-0.25, -0.2) is 0 Å². The zero-order chi connectivity index (χ0) is 9.30. The number of nitrogens with two attached hydrogens (primary N) is 1. The molecule has 0 bridgehead atoms. The molecule has 5 heteroatoms. The lowest BCUT2D eigenvalue weighted by atomic mass is 10.2. The van der Waals surface area contributed by atoms with Crippen LogP contribution < -0.4 is 5.73 Å². The Balaban J connectivity index is 3.28. The standard InChI is InChI=1S/C7H11N3O2/c1-3-4-6(11)5(7(8)12)10(2)9-4/h11H,3H2,1-2H3,(H2,8,12). The molecule has 3 N–H and O–H groups in total. The van der Waals surface area contributed by atoms with Crippen molar-refractivity contribution in [2.75, 3.05) is 0 Å². The number of primary amides is 1. The van der Waals surface area contributed by atoms with Crippen molar-refractivity contribution < 1.29 is 9.90 Å². The molecule has 0 saturated heterocycles. The van der Waals surface area contributed by atoms with E-state index in [1.165, 1.54) is 4.68 Å². The van der Waals surface area contributed by atoms with Gasteiger partial charge in [0.2, 0.25) is 0 Å². The lowest BCUT2D eigenvalue weighted by Gasteiger charge is -1.94. The molecule has 1 aromatic heterocycles. The van der Waals surface area contributed by atoms with Crippen LogP contribution in [0.15, 0.2) is 0 Å². The molecule has 0 atom stereocenters. The molecule has 1 amide bonds. The van der Waals surface area contributed by atoms with Gasteiger partial charge in [0.1, 0.15) is 5.69 Å². The van der Waals surface area contributed by atoms with E-state index in [0.717, 1.165) is 0 Å². The van der Waals surface area contributed by atoms with Crippen LogP contribution in [-0.2, 0) is 13.5 Å². The molecule has 0 aliphatic rings. The molecule has 66 valence electrons. The van der Waals surface area contributed by atoms with Gasteiger partial charge in [-0.3, -0.25) is 9.48 Å². The van der Waals surface area contributed by atoms with E-state index in [4.69, 9.17) is 5.73 Å². The number of amides is 1.